The Morgan fingerprint density at radius 1 is 1.19 bits per heavy atom. The molecule has 146 valence electrons. The number of hydrogen-bond acceptors (Lipinski definition) is 5. The third-order valence-corrected chi connectivity index (χ3v) is 7.21. The molecule has 0 unspecified atom stereocenters. The molecule has 1 aliphatic rings. The van der Waals surface area contributed by atoms with Gasteiger partial charge in [-0.1, -0.05) is 24.2 Å². The van der Waals surface area contributed by atoms with E-state index in [0.29, 0.717) is 42.7 Å². The van der Waals surface area contributed by atoms with Gasteiger partial charge in [0.1, 0.15) is 10.6 Å². The normalized spacial score (nSPS) is 15.7. The number of benzene rings is 1. The highest BCUT2D eigenvalue weighted by atomic mass is 32.2. The topological polar surface area (TPSA) is 78.7 Å². The Hall–Kier alpha value is -1.97. The maximum absolute atomic E-state index is 12.9. The standard InChI is InChI=1S/C18H24N4O3S2/c1-4-15-5-7-16(8-6-15)19-18(26)21-9-11-22(12-10-21)27(23,24)17-13(2)20-25-14(17)3/h5-8H,4,9-12H2,1-3H3,(H,19,26). The zero-order valence-electron chi connectivity index (χ0n) is 15.7. The molecule has 7 nitrogen and oxygen atoms in total. The number of aromatic nitrogens is 1. The largest absolute Gasteiger partial charge is 0.360 e. The minimum atomic E-state index is -3.61. The Bertz CT molecular complexity index is 895. The van der Waals surface area contributed by atoms with Gasteiger partial charge >= 0.3 is 0 Å². The average Bonchev–Trinajstić information content (AvgIpc) is 3.01. The van der Waals surface area contributed by atoms with Crippen molar-refractivity contribution in [1.29, 1.82) is 0 Å². The van der Waals surface area contributed by atoms with Crippen LogP contribution in [0.5, 0.6) is 0 Å². The van der Waals surface area contributed by atoms with Gasteiger partial charge in [-0.2, -0.15) is 4.31 Å². The molecule has 2 aromatic rings. The molecular weight excluding hydrogens is 384 g/mol. The van der Waals surface area contributed by atoms with E-state index in [1.54, 1.807) is 13.8 Å². The van der Waals surface area contributed by atoms with E-state index in [-0.39, 0.29) is 4.90 Å². The van der Waals surface area contributed by atoms with E-state index in [0.717, 1.165) is 12.1 Å². The Kier molecular flexibility index (Phi) is 5.83. The number of nitrogens with zero attached hydrogens (tertiary/aromatic N) is 3. The molecule has 0 atom stereocenters. The molecule has 1 aliphatic heterocycles. The summed E-state index contributed by atoms with van der Waals surface area (Å²) in [6.07, 6.45) is 0.992. The van der Waals surface area contributed by atoms with Gasteiger partial charge in [0.2, 0.25) is 10.0 Å². The van der Waals surface area contributed by atoms with E-state index in [1.807, 2.05) is 17.0 Å². The summed E-state index contributed by atoms with van der Waals surface area (Å²) in [5, 5.41) is 7.59. The van der Waals surface area contributed by atoms with E-state index in [9.17, 15) is 8.42 Å². The lowest BCUT2D eigenvalue weighted by atomic mass is 10.1. The first-order valence-electron chi connectivity index (χ1n) is 8.91. The lowest BCUT2D eigenvalue weighted by Gasteiger charge is -2.35. The van der Waals surface area contributed by atoms with Gasteiger partial charge in [-0.05, 0) is 50.2 Å². The van der Waals surface area contributed by atoms with Crippen LogP contribution in [0.15, 0.2) is 33.7 Å². The second-order valence-corrected chi connectivity index (χ2v) is 8.79. The molecule has 0 bridgehead atoms. The molecule has 1 N–H and O–H groups in total. The first-order chi connectivity index (χ1) is 12.8. The highest BCUT2D eigenvalue weighted by molar-refractivity contribution is 7.89. The second-order valence-electron chi connectivity index (χ2n) is 6.53. The molecule has 3 rings (SSSR count). The monoisotopic (exact) mass is 408 g/mol. The first kappa shape index (κ1) is 19.8. The Balaban J connectivity index is 1.62. The van der Waals surface area contributed by atoms with Gasteiger partial charge in [-0.15, -0.1) is 0 Å². The number of rotatable bonds is 4. The number of piperazine rings is 1. The van der Waals surface area contributed by atoms with E-state index >= 15 is 0 Å². The Morgan fingerprint density at radius 2 is 1.81 bits per heavy atom. The summed E-state index contributed by atoms with van der Waals surface area (Å²) in [6.45, 7) is 7.16. The van der Waals surface area contributed by atoms with E-state index in [1.165, 1.54) is 9.87 Å². The minimum absolute atomic E-state index is 0.174. The van der Waals surface area contributed by atoms with E-state index in [2.05, 4.69) is 29.5 Å². The molecule has 0 aliphatic carbocycles. The summed E-state index contributed by atoms with van der Waals surface area (Å²) in [4.78, 5) is 2.16. The van der Waals surface area contributed by atoms with Crippen LogP contribution in [0.3, 0.4) is 0 Å². The van der Waals surface area contributed by atoms with Crippen molar-refractivity contribution in [1.82, 2.24) is 14.4 Å². The smallest absolute Gasteiger partial charge is 0.248 e. The predicted octanol–water partition coefficient (Wildman–Crippen LogP) is 2.56. The maximum atomic E-state index is 12.9. The summed E-state index contributed by atoms with van der Waals surface area (Å²) in [7, 11) is -3.61. The van der Waals surface area contributed by atoms with Crippen LogP contribution < -0.4 is 5.32 Å². The van der Waals surface area contributed by atoms with Crippen molar-refractivity contribution in [2.45, 2.75) is 32.1 Å². The quantitative estimate of drug-likeness (QED) is 0.779. The molecule has 1 aromatic heterocycles. The Morgan fingerprint density at radius 3 is 2.33 bits per heavy atom. The number of aryl methyl sites for hydroxylation is 3. The van der Waals surface area contributed by atoms with Crippen LogP contribution >= 0.6 is 12.2 Å². The van der Waals surface area contributed by atoms with Gasteiger partial charge in [-0.3, -0.25) is 0 Å². The molecule has 1 aromatic carbocycles. The maximum Gasteiger partial charge on any atom is 0.248 e. The summed E-state index contributed by atoms with van der Waals surface area (Å²) in [5.74, 6) is 0.322. The van der Waals surface area contributed by atoms with Crippen LogP contribution in [0.25, 0.3) is 0 Å². The molecule has 27 heavy (non-hydrogen) atoms. The second kappa shape index (κ2) is 7.95. The van der Waals surface area contributed by atoms with E-state index < -0.39 is 10.0 Å². The number of anilines is 1. The van der Waals surface area contributed by atoms with Gasteiger partial charge in [0.15, 0.2) is 10.9 Å². The zero-order valence-corrected chi connectivity index (χ0v) is 17.4. The van der Waals surface area contributed by atoms with Crippen LogP contribution in [-0.4, -0.2) is 54.1 Å². The number of sulfonamides is 1. The minimum Gasteiger partial charge on any atom is -0.360 e. The molecule has 0 saturated carbocycles. The van der Waals surface area contributed by atoms with Crippen LogP contribution in [0.4, 0.5) is 5.69 Å². The van der Waals surface area contributed by atoms with Crippen molar-refractivity contribution < 1.29 is 12.9 Å². The predicted molar refractivity (Wildman–Crippen MR) is 108 cm³/mol. The number of nitrogens with one attached hydrogen (secondary N) is 1. The number of hydrogen-bond donors (Lipinski definition) is 1. The van der Waals surface area contributed by atoms with Gasteiger partial charge in [0, 0.05) is 31.9 Å². The van der Waals surface area contributed by atoms with Crippen molar-refractivity contribution >= 4 is 33.0 Å². The van der Waals surface area contributed by atoms with Crippen LogP contribution in [-0.2, 0) is 16.4 Å². The summed E-state index contributed by atoms with van der Waals surface area (Å²) >= 11 is 5.49. The SMILES string of the molecule is CCc1ccc(NC(=S)N2CCN(S(=O)(=O)c3c(C)noc3C)CC2)cc1. The van der Waals surface area contributed by atoms with Crippen LogP contribution in [0.2, 0.25) is 0 Å². The first-order valence-corrected chi connectivity index (χ1v) is 10.8. The zero-order chi connectivity index (χ0) is 19.6. The lowest BCUT2D eigenvalue weighted by Crippen LogP contribution is -2.51. The molecule has 2 heterocycles. The van der Waals surface area contributed by atoms with Gasteiger partial charge in [0.05, 0.1) is 0 Å². The van der Waals surface area contributed by atoms with Crippen LogP contribution in [0, 0.1) is 13.8 Å². The van der Waals surface area contributed by atoms with Gasteiger partial charge in [0.25, 0.3) is 0 Å². The van der Waals surface area contributed by atoms with Crippen molar-refractivity contribution in [3.05, 3.63) is 41.3 Å². The summed E-state index contributed by atoms with van der Waals surface area (Å²) in [5.41, 5.74) is 2.59. The molecule has 9 heteroatoms. The average molecular weight is 409 g/mol. The fraction of sp³-hybridized carbons (Fsp3) is 0.444. The fourth-order valence-corrected chi connectivity index (χ4v) is 5.14. The Labute approximate surface area is 165 Å². The fourth-order valence-electron chi connectivity index (χ4n) is 3.13. The molecule has 0 amide bonds. The van der Waals surface area contributed by atoms with E-state index in [4.69, 9.17) is 16.7 Å². The van der Waals surface area contributed by atoms with Crippen LogP contribution in [0.1, 0.15) is 23.9 Å². The van der Waals surface area contributed by atoms with Crippen molar-refractivity contribution in [3.63, 3.8) is 0 Å². The van der Waals surface area contributed by atoms with Gasteiger partial charge < -0.3 is 14.7 Å². The third-order valence-electron chi connectivity index (χ3n) is 4.71. The highest BCUT2D eigenvalue weighted by Crippen LogP contribution is 2.24. The van der Waals surface area contributed by atoms with Crippen molar-refractivity contribution in [2.75, 3.05) is 31.5 Å². The lowest BCUT2D eigenvalue weighted by molar-refractivity contribution is 0.268. The van der Waals surface area contributed by atoms with Crippen molar-refractivity contribution in [2.24, 2.45) is 0 Å². The molecule has 1 saturated heterocycles. The highest BCUT2D eigenvalue weighted by Gasteiger charge is 2.33. The van der Waals surface area contributed by atoms with Crippen molar-refractivity contribution in [3.8, 4) is 0 Å². The molecular formula is C18H24N4O3S2. The summed E-state index contributed by atoms with van der Waals surface area (Å²) < 4.78 is 32.2. The summed E-state index contributed by atoms with van der Waals surface area (Å²) in [6, 6.07) is 8.14. The molecule has 0 spiro atoms. The van der Waals surface area contributed by atoms with Gasteiger partial charge in [-0.25, -0.2) is 8.42 Å². The molecule has 1 fully saturated rings. The third kappa shape index (κ3) is 4.15. The molecule has 0 radical (unpaired) electrons. The number of thiocarbonyl (C=S) groups is 1.